The number of hydrogen-bond acceptors (Lipinski definition) is 4. The molecule has 2 aromatic rings. The Morgan fingerprint density at radius 2 is 2.31 bits per heavy atom. The molecule has 0 aromatic carbocycles. The second kappa shape index (κ2) is 4.56. The van der Waals surface area contributed by atoms with Crippen molar-refractivity contribution in [2.24, 2.45) is 7.05 Å². The molecule has 0 unspecified atom stereocenters. The molecular weight excluding hydrogens is 224 g/mol. The van der Waals surface area contributed by atoms with Crippen molar-refractivity contribution in [2.75, 3.05) is 0 Å². The maximum absolute atomic E-state index is 5.18. The maximum Gasteiger partial charge on any atom is 0.195 e. The zero-order valence-corrected chi connectivity index (χ0v) is 10.2. The average molecular weight is 238 g/mol. The number of rotatable bonds is 4. The molecule has 0 fully saturated rings. The van der Waals surface area contributed by atoms with Crippen LogP contribution in [0.15, 0.2) is 6.33 Å². The molecule has 0 aliphatic heterocycles. The van der Waals surface area contributed by atoms with E-state index in [1.54, 1.807) is 11.0 Å². The molecule has 0 saturated heterocycles. The number of aromatic amines is 1. The molecule has 6 nitrogen and oxygen atoms in total. The van der Waals surface area contributed by atoms with Crippen LogP contribution in [0, 0.1) is 4.77 Å². The van der Waals surface area contributed by atoms with Crippen LogP contribution in [0.1, 0.15) is 25.0 Å². The summed E-state index contributed by atoms with van der Waals surface area (Å²) in [5, 5.41) is 11.2. The molecule has 1 N–H and O–H groups in total. The van der Waals surface area contributed by atoms with Crippen molar-refractivity contribution in [3.05, 3.63) is 22.7 Å². The Morgan fingerprint density at radius 3 is 2.94 bits per heavy atom. The standard InChI is InChI=1S/C9H14N6S/c1-3-4-8-11-12-9(16)15(8)5-7-10-6-14(2)13-7/h6H,3-5H2,1-2H3,(H,12,16). The fraction of sp³-hybridized carbons (Fsp3) is 0.556. The Balaban J connectivity index is 2.26. The van der Waals surface area contributed by atoms with Crippen molar-refractivity contribution in [1.29, 1.82) is 0 Å². The molecule has 2 rings (SSSR count). The molecule has 0 amide bonds. The fourth-order valence-corrected chi connectivity index (χ4v) is 1.74. The number of aromatic nitrogens is 6. The largest absolute Gasteiger partial charge is 0.296 e. The number of aryl methyl sites for hydroxylation is 2. The predicted octanol–water partition coefficient (Wildman–Crippen LogP) is 1.07. The van der Waals surface area contributed by atoms with Crippen LogP contribution in [-0.4, -0.2) is 29.5 Å². The Bertz CT molecular complexity index is 522. The lowest BCUT2D eigenvalue weighted by atomic mass is 10.3. The highest BCUT2D eigenvalue weighted by Crippen LogP contribution is 2.04. The summed E-state index contributed by atoms with van der Waals surface area (Å²) in [5.74, 6) is 1.71. The van der Waals surface area contributed by atoms with E-state index < -0.39 is 0 Å². The first-order valence-electron chi connectivity index (χ1n) is 5.19. The second-order valence-electron chi connectivity index (χ2n) is 3.62. The minimum Gasteiger partial charge on any atom is -0.296 e. The van der Waals surface area contributed by atoms with E-state index in [1.807, 2.05) is 11.6 Å². The quantitative estimate of drug-likeness (QED) is 0.809. The van der Waals surface area contributed by atoms with Gasteiger partial charge < -0.3 is 0 Å². The van der Waals surface area contributed by atoms with E-state index in [1.165, 1.54) is 0 Å². The van der Waals surface area contributed by atoms with E-state index in [2.05, 4.69) is 27.2 Å². The van der Waals surface area contributed by atoms with E-state index >= 15 is 0 Å². The number of hydrogen-bond donors (Lipinski definition) is 1. The number of nitrogens with zero attached hydrogens (tertiary/aromatic N) is 5. The lowest BCUT2D eigenvalue weighted by molar-refractivity contribution is 0.658. The summed E-state index contributed by atoms with van der Waals surface area (Å²) >= 11 is 5.18. The molecular formula is C9H14N6S. The molecule has 0 saturated carbocycles. The van der Waals surface area contributed by atoms with E-state index in [9.17, 15) is 0 Å². The van der Waals surface area contributed by atoms with Crippen LogP contribution < -0.4 is 0 Å². The normalized spacial score (nSPS) is 10.9. The summed E-state index contributed by atoms with van der Waals surface area (Å²) < 4.78 is 4.24. The van der Waals surface area contributed by atoms with Gasteiger partial charge in [-0.1, -0.05) is 6.92 Å². The molecule has 0 atom stereocenters. The Morgan fingerprint density at radius 1 is 1.50 bits per heavy atom. The van der Waals surface area contributed by atoms with Gasteiger partial charge in [0.2, 0.25) is 0 Å². The monoisotopic (exact) mass is 238 g/mol. The van der Waals surface area contributed by atoms with E-state index in [4.69, 9.17) is 12.2 Å². The smallest absolute Gasteiger partial charge is 0.195 e. The van der Waals surface area contributed by atoms with Crippen molar-refractivity contribution in [3.8, 4) is 0 Å². The third-order valence-corrected chi connectivity index (χ3v) is 2.57. The van der Waals surface area contributed by atoms with Crippen molar-refractivity contribution < 1.29 is 0 Å². The summed E-state index contributed by atoms with van der Waals surface area (Å²) in [7, 11) is 1.85. The van der Waals surface area contributed by atoms with Gasteiger partial charge in [-0.3, -0.25) is 14.3 Å². The SMILES string of the molecule is CCCc1n[nH]c(=S)n1Cc1ncn(C)n1. The highest BCUT2D eigenvalue weighted by molar-refractivity contribution is 7.71. The second-order valence-corrected chi connectivity index (χ2v) is 4.00. The first kappa shape index (κ1) is 11.0. The van der Waals surface area contributed by atoms with Crippen LogP contribution in [-0.2, 0) is 20.0 Å². The molecule has 0 aliphatic rings. The zero-order valence-electron chi connectivity index (χ0n) is 9.34. The van der Waals surface area contributed by atoms with E-state index in [-0.39, 0.29) is 0 Å². The summed E-state index contributed by atoms with van der Waals surface area (Å²) in [6, 6.07) is 0. The van der Waals surface area contributed by atoms with Crippen molar-refractivity contribution in [2.45, 2.75) is 26.3 Å². The Hall–Kier alpha value is -1.50. The molecule has 2 heterocycles. The van der Waals surface area contributed by atoms with Gasteiger partial charge in [0, 0.05) is 13.5 Å². The first-order valence-corrected chi connectivity index (χ1v) is 5.60. The Kier molecular flexibility index (Phi) is 3.14. The van der Waals surface area contributed by atoms with Crippen LogP contribution in [0.25, 0.3) is 0 Å². The van der Waals surface area contributed by atoms with E-state index in [0.29, 0.717) is 11.3 Å². The van der Waals surface area contributed by atoms with Crippen LogP contribution in [0.3, 0.4) is 0 Å². The molecule has 0 bridgehead atoms. The van der Waals surface area contributed by atoms with Crippen molar-refractivity contribution >= 4 is 12.2 Å². The summed E-state index contributed by atoms with van der Waals surface area (Å²) in [6.45, 7) is 2.69. The van der Waals surface area contributed by atoms with Gasteiger partial charge in [0.25, 0.3) is 0 Å². The van der Waals surface area contributed by atoms with Crippen LogP contribution >= 0.6 is 12.2 Å². The average Bonchev–Trinajstić information content (AvgIpc) is 2.79. The van der Waals surface area contributed by atoms with Gasteiger partial charge in [0.15, 0.2) is 10.6 Å². The molecule has 7 heteroatoms. The molecule has 0 radical (unpaired) electrons. The topological polar surface area (TPSA) is 64.3 Å². The minimum absolute atomic E-state index is 0.575. The molecule has 0 aliphatic carbocycles. The van der Waals surface area contributed by atoms with E-state index in [0.717, 1.165) is 24.5 Å². The highest BCUT2D eigenvalue weighted by Gasteiger charge is 2.07. The molecule has 16 heavy (non-hydrogen) atoms. The lowest BCUT2D eigenvalue weighted by Gasteiger charge is -2.02. The minimum atomic E-state index is 0.575. The predicted molar refractivity (Wildman–Crippen MR) is 61.5 cm³/mol. The van der Waals surface area contributed by atoms with Gasteiger partial charge in [0.05, 0.1) is 6.54 Å². The van der Waals surface area contributed by atoms with Gasteiger partial charge >= 0.3 is 0 Å². The third-order valence-electron chi connectivity index (χ3n) is 2.26. The molecule has 0 spiro atoms. The fourth-order valence-electron chi connectivity index (χ4n) is 1.53. The van der Waals surface area contributed by atoms with Gasteiger partial charge in [0.1, 0.15) is 12.2 Å². The number of nitrogens with one attached hydrogen (secondary N) is 1. The summed E-state index contributed by atoms with van der Waals surface area (Å²) in [4.78, 5) is 4.18. The van der Waals surface area contributed by atoms with Crippen LogP contribution in [0.2, 0.25) is 0 Å². The first-order chi connectivity index (χ1) is 7.70. The van der Waals surface area contributed by atoms with Crippen LogP contribution in [0.4, 0.5) is 0 Å². The summed E-state index contributed by atoms with van der Waals surface area (Å²) in [6.07, 6.45) is 3.62. The zero-order chi connectivity index (χ0) is 11.5. The van der Waals surface area contributed by atoms with Gasteiger partial charge in [-0.2, -0.15) is 10.2 Å². The molecule has 86 valence electrons. The van der Waals surface area contributed by atoms with Crippen molar-refractivity contribution in [3.63, 3.8) is 0 Å². The summed E-state index contributed by atoms with van der Waals surface area (Å²) in [5.41, 5.74) is 0. The Labute approximate surface area is 98.3 Å². The molecule has 2 aromatic heterocycles. The maximum atomic E-state index is 5.18. The van der Waals surface area contributed by atoms with Gasteiger partial charge in [-0.15, -0.1) is 0 Å². The van der Waals surface area contributed by atoms with Crippen LogP contribution in [0.5, 0.6) is 0 Å². The third kappa shape index (κ3) is 2.19. The number of H-pyrrole nitrogens is 1. The van der Waals surface area contributed by atoms with Gasteiger partial charge in [-0.05, 0) is 18.6 Å². The van der Waals surface area contributed by atoms with Gasteiger partial charge in [-0.25, -0.2) is 4.98 Å². The van der Waals surface area contributed by atoms with Crippen molar-refractivity contribution in [1.82, 2.24) is 29.5 Å². The lowest BCUT2D eigenvalue weighted by Crippen LogP contribution is -2.07. The highest BCUT2D eigenvalue weighted by atomic mass is 32.1.